The largest absolute Gasteiger partial charge is 0.497 e. The fourth-order valence-corrected chi connectivity index (χ4v) is 7.60. The molecule has 3 amide bonds. The van der Waals surface area contributed by atoms with E-state index < -0.39 is 11.5 Å². The maximum Gasteiger partial charge on any atom is 0.328 e. The van der Waals surface area contributed by atoms with Crippen molar-refractivity contribution in [1.82, 2.24) is 14.8 Å². The van der Waals surface area contributed by atoms with Gasteiger partial charge in [0.05, 0.1) is 18.3 Å². The molecule has 0 radical (unpaired) electrons. The molecule has 6 rings (SSSR count). The lowest BCUT2D eigenvalue weighted by Gasteiger charge is -2.29. The highest BCUT2D eigenvalue weighted by Crippen LogP contribution is 2.45. The normalized spacial score (nSPS) is 15.9. The maximum atomic E-state index is 14.1. The van der Waals surface area contributed by atoms with Crippen LogP contribution < -0.4 is 15.4 Å². The Labute approximate surface area is 298 Å². The van der Waals surface area contributed by atoms with Crippen LogP contribution in [0.3, 0.4) is 0 Å². The van der Waals surface area contributed by atoms with Gasteiger partial charge in [-0.2, -0.15) is 0 Å². The van der Waals surface area contributed by atoms with E-state index in [4.69, 9.17) is 9.84 Å². The molecule has 0 saturated heterocycles. The molecular weight excluding hydrogens is 644 g/mol. The van der Waals surface area contributed by atoms with Gasteiger partial charge in [-0.15, -0.1) is 0 Å². The zero-order valence-corrected chi connectivity index (χ0v) is 29.5. The van der Waals surface area contributed by atoms with Gasteiger partial charge in [0.15, 0.2) is 0 Å². The Morgan fingerprint density at radius 1 is 0.922 bits per heavy atom. The second-order valence-corrected chi connectivity index (χ2v) is 13.9. The maximum absolute atomic E-state index is 14.1. The summed E-state index contributed by atoms with van der Waals surface area (Å²) in [5.41, 5.74) is 4.58. The first-order valence-electron chi connectivity index (χ1n) is 17.7. The summed E-state index contributed by atoms with van der Waals surface area (Å²) in [7, 11) is 5.14. The van der Waals surface area contributed by atoms with Crippen LogP contribution in [-0.2, 0) is 20.9 Å². The molecule has 2 aliphatic carbocycles. The number of likely N-dealkylation sites (N-methyl/N-ethyl adjacent to an activating group) is 1. The first-order chi connectivity index (χ1) is 24.6. The number of aromatic nitrogens is 1. The third-order valence-electron chi connectivity index (χ3n) is 10.4. The quantitative estimate of drug-likeness (QED) is 0.142. The van der Waals surface area contributed by atoms with Crippen molar-refractivity contribution < 1.29 is 29.0 Å². The average molecular weight is 691 g/mol. The fraction of sp³-hybridized carbons (Fsp3) is 0.366. The summed E-state index contributed by atoms with van der Waals surface area (Å²) in [6.07, 6.45) is 10.8. The number of benzene rings is 3. The number of carboxylic acids is 1. The van der Waals surface area contributed by atoms with Crippen LogP contribution in [0.1, 0.15) is 85.2 Å². The molecule has 1 heterocycles. The van der Waals surface area contributed by atoms with Crippen LogP contribution in [0.2, 0.25) is 0 Å². The van der Waals surface area contributed by atoms with Gasteiger partial charge >= 0.3 is 5.97 Å². The van der Waals surface area contributed by atoms with Crippen molar-refractivity contribution >= 4 is 46.4 Å². The molecule has 4 aromatic rings. The number of carbonyl (C=O) groups is 4. The van der Waals surface area contributed by atoms with E-state index in [2.05, 4.69) is 15.2 Å². The summed E-state index contributed by atoms with van der Waals surface area (Å²) in [5.74, 6) is -0.660. The molecule has 266 valence electrons. The monoisotopic (exact) mass is 690 g/mol. The number of rotatable bonds is 11. The minimum Gasteiger partial charge on any atom is -0.497 e. The zero-order valence-electron chi connectivity index (χ0n) is 29.5. The molecule has 10 nitrogen and oxygen atoms in total. The Morgan fingerprint density at radius 2 is 1.61 bits per heavy atom. The van der Waals surface area contributed by atoms with E-state index in [0.717, 1.165) is 72.5 Å². The highest BCUT2D eigenvalue weighted by molar-refractivity contribution is 6.06. The molecule has 10 heteroatoms. The molecule has 0 bridgehead atoms. The van der Waals surface area contributed by atoms with Crippen LogP contribution in [-0.4, -0.2) is 65.0 Å². The summed E-state index contributed by atoms with van der Waals surface area (Å²) in [4.78, 5) is 53.7. The molecule has 2 aliphatic rings. The van der Waals surface area contributed by atoms with Crippen LogP contribution in [0.5, 0.6) is 5.75 Å². The van der Waals surface area contributed by atoms with E-state index in [9.17, 15) is 19.2 Å². The molecule has 3 aromatic carbocycles. The van der Waals surface area contributed by atoms with Gasteiger partial charge in [-0.1, -0.05) is 50.3 Å². The van der Waals surface area contributed by atoms with E-state index in [0.29, 0.717) is 35.6 Å². The number of hydrogen-bond donors (Lipinski definition) is 3. The van der Waals surface area contributed by atoms with E-state index in [1.54, 1.807) is 50.4 Å². The van der Waals surface area contributed by atoms with Gasteiger partial charge in [0, 0.05) is 36.8 Å². The van der Waals surface area contributed by atoms with Gasteiger partial charge in [0.25, 0.3) is 5.91 Å². The second-order valence-electron chi connectivity index (χ2n) is 13.9. The highest BCUT2D eigenvalue weighted by atomic mass is 16.5. The van der Waals surface area contributed by atoms with Crippen molar-refractivity contribution in [2.45, 2.75) is 75.8 Å². The molecule has 3 N–H and O–H groups in total. The number of nitrogens with zero attached hydrogens (tertiary/aromatic N) is 2. The van der Waals surface area contributed by atoms with Crippen molar-refractivity contribution in [1.29, 1.82) is 0 Å². The minimum atomic E-state index is -1.09. The Kier molecular flexibility index (Phi) is 10.6. The van der Waals surface area contributed by atoms with Crippen molar-refractivity contribution in [3.05, 3.63) is 89.5 Å². The van der Waals surface area contributed by atoms with Crippen molar-refractivity contribution in [2.75, 3.05) is 26.5 Å². The molecule has 0 atom stereocenters. The molecular formula is C41H46N4O6. The lowest BCUT2D eigenvalue weighted by Crippen LogP contribution is -2.55. The molecule has 2 saturated carbocycles. The van der Waals surface area contributed by atoms with Gasteiger partial charge in [-0.25, -0.2) is 4.79 Å². The van der Waals surface area contributed by atoms with Crippen molar-refractivity contribution in [3.63, 3.8) is 0 Å². The zero-order chi connectivity index (χ0) is 36.1. The van der Waals surface area contributed by atoms with E-state index in [1.165, 1.54) is 18.1 Å². The van der Waals surface area contributed by atoms with Crippen LogP contribution in [0, 0.1) is 0 Å². The molecule has 0 aliphatic heterocycles. The van der Waals surface area contributed by atoms with Gasteiger partial charge in [-0.3, -0.25) is 14.4 Å². The Morgan fingerprint density at radius 3 is 2.24 bits per heavy atom. The van der Waals surface area contributed by atoms with Crippen molar-refractivity contribution in [3.8, 4) is 17.0 Å². The van der Waals surface area contributed by atoms with Crippen LogP contribution in [0.25, 0.3) is 28.2 Å². The van der Waals surface area contributed by atoms with Crippen LogP contribution in [0.4, 0.5) is 5.69 Å². The third-order valence-corrected chi connectivity index (χ3v) is 10.4. The number of anilines is 1. The second kappa shape index (κ2) is 15.2. The number of ether oxygens (including phenoxy) is 1. The SMILES string of the molecule is COc1ccc(-c2c(C3CCCCC3)c3ccc(C(=O)NC4(C(=O)Nc5ccc(C=CC(=O)O)cc5)CCCC4)cc3n2CC(=O)N(C)C)cc1. The minimum absolute atomic E-state index is 0.0563. The Bertz CT molecular complexity index is 1950. The Balaban J connectivity index is 1.36. The van der Waals surface area contributed by atoms with Crippen LogP contribution in [0.15, 0.2) is 72.8 Å². The first kappa shape index (κ1) is 35.4. The summed E-state index contributed by atoms with van der Waals surface area (Å²) in [5, 5.41) is 16.0. The number of fused-ring (bicyclic) bond motifs is 1. The molecule has 0 spiro atoms. The summed E-state index contributed by atoms with van der Waals surface area (Å²) < 4.78 is 7.51. The summed E-state index contributed by atoms with van der Waals surface area (Å²) in [6, 6.07) is 20.5. The van der Waals surface area contributed by atoms with Gasteiger partial charge in [0.2, 0.25) is 11.8 Å². The standard InChI is InChI=1S/C41H46N4O6/c1-44(2)35(46)26-45-34-25-30(16-21-33(34)37(28-9-5-4-6-10-28)38(45)29-14-19-32(51-3)20-15-29)39(49)43-41(23-7-8-24-41)40(50)42-31-17-11-27(12-18-31)13-22-36(47)48/h11-22,25,28H,4-10,23-24,26H2,1-3H3,(H,42,50)(H,43,49)(H,47,48). The van der Waals surface area contributed by atoms with E-state index >= 15 is 0 Å². The number of hydrogen-bond acceptors (Lipinski definition) is 5. The average Bonchev–Trinajstić information content (AvgIpc) is 3.74. The predicted molar refractivity (Wildman–Crippen MR) is 199 cm³/mol. The van der Waals surface area contributed by atoms with Crippen LogP contribution >= 0.6 is 0 Å². The van der Waals surface area contributed by atoms with Gasteiger partial charge < -0.3 is 29.9 Å². The molecule has 2 fully saturated rings. The number of amides is 3. The van der Waals surface area contributed by atoms with Gasteiger partial charge in [0.1, 0.15) is 17.8 Å². The van der Waals surface area contributed by atoms with E-state index in [1.807, 2.05) is 42.5 Å². The summed E-state index contributed by atoms with van der Waals surface area (Å²) >= 11 is 0. The number of nitrogens with one attached hydrogen (secondary N) is 2. The fourth-order valence-electron chi connectivity index (χ4n) is 7.60. The molecule has 0 unspecified atom stereocenters. The number of methoxy groups -OCH3 is 1. The number of carbonyl (C=O) groups excluding carboxylic acids is 3. The molecule has 51 heavy (non-hydrogen) atoms. The third kappa shape index (κ3) is 7.70. The summed E-state index contributed by atoms with van der Waals surface area (Å²) in [6.45, 7) is 0.111. The number of aliphatic carboxylic acids is 1. The first-order valence-corrected chi connectivity index (χ1v) is 17.7. The topological polar surface area (TPSA) is 130 Å². The molecule has 1 aromatic heterocycles. The lowest BCUT2D eigenvalue weighted by molar-refractivity contribution is -0.131. The van der Waals surface area contributed by atoms with Crippen molar-refractivity contribution in [2.24, 2.45) is 0 Å². The van der Waals surface area contributed by atoms with E-state index in [-0.39, 0.29) is 24.3 Å². The Hall–Kier alpha value is -5.38. The number of carboxylic acid groups (broad SMARTS) is 1. The predicted octanol–water partition coefficient (Wildman–Crippen LogP) is 7.23. The lowest BCUT2D eigenvalue weighted by atomic mass is 9.81. The van der Waals surface area contributed by atoms with Gasteiger partial charge in [-0.05, 0) is 103 Å². The highest BCUT2D eigenvalue weighted by Gasteiger charge is 2.43. The smallest absolute Gasteiger partial charge is 0.328 e.